The van der Waals surface area contributed by atoms with Gasteiger partial charge in [-0.1, -0.05) is 65.2 Å². The van der Waals surface area contributed by atoms with Crippen LogP contribution in [0.5, 0.6) is 0 Å². The molecular weight excluding hydrogens is 478 g/mol. The molecule has 0 aliphatic heterocycles. The lowest BCUT2D eigenvalue weighted by Gasteiger charge is -2.18. The zero-order valence-corrected chi connectivity index (χ0v) is 22.6. The van der Waals surface area contributed by atoms with Crippen LogP contribution in [0.3, 0.4) is 0 Å². The number of carbonyl (C=O) groups excluding carboxylic acids is 2. The van der Waals surface area contributed by atoms with Gasteiger partial charge in [-0.15, -0.1) is 0 Å². The summed E-state index contributed by atoms with van der Waals surface area (Å²) in [6.07, 6.45) is 11.8. The van der Waals surface area contributed by atoms with Crippen molar-refractivity contribution in [3.63, 3.8) is 0 Å². The van der Waals surface area contributed by atoms with E-state index in [1.54, 1.807) is 0 Å². The third-order valence-electron chi connectivity index (χ3n) is 6.16. The second-order valence-electron chi connectivity index (χ2n) is 9.33. The fourth-order valence-corrected chi connectivity index (χ4v) is 3.78. The number of anilines is 1. The molecule has 208 valence electrons. The molecule has 2 aromatic heterocycles. The van der Waals surface area contributed by atoms with Gasteiger partial charge < -0.3 is 19.9 Å². The molecule has 0 aliphatic rings. The van der Waals surface area contributed by atoms with Crippen LogP contribution in [0.15, 0.2) is 11.1 Å². The van der Waals surface area contributed by atoms with Gasteiger partial charge in [0, 0.05) is 19.9 Å². The summed E-state index contributed by atoms with van der Waals surface area (Å²) in [5.74, 6) is -0.562. The van der Waals surface area contributed by atoms with Crippen molar-refractivity contribution in [1.82, 2.24) is 19.1 Å². The second-order valence-corrected chi connectivity index (χ2v) is 9.33. The van der Waals surface area contributed by atoms with E-state index in [2.05, 4.69) is 23.8 Å². The number of ether oxygens (including phenoxy) is 3. The number of nitrogen functional groups attached to an aromatic ring is 1. The van der Waals surface area contributed by atoms with Gasteiger partial charge in [-0.25, -0.2) is 4.98 Å². The number of hydrogen-bond donors (Lipinski definition) is 1. The molecular formula is C26H43N5O6. The number of imidazole rings is 1. The van der Waals surface area contributed by atoms with E-state index in [0.717, 1.165) is 64.2 Å². The van der Waals surface area contributed by atoms with Crippen LogP contribution in [0.1, 0.15) is 90.9 Å². The van der Waals surface area contributed by atoms with E-state index in [4.69, 9.17) is 19.9 Å². The zero-order valence-electron chi connectivity index (χ0n) is 22.6. The lowest BCUT2D eigenvalue weighted by Crippen LogP contribution is -2.29. The molecule has 0 aromatic carbocycles. The Morgan fingerprint density at radius 3 is 2.00 bits per heavy atom. The molecule has 2 heterocycles. The fourth-order valence-electron chi connectivity index (χ4n) is 3.78. The Hall–Kier alpha value is -2.95. The minimum atomic E-state index is -0.686. The minimum Gasteiger partial charge on any atom is -0.463 e. The summed E-state index contributed by atoms with van der Waals surface area (Å²) in [6.45, 7) is 4.14. The average molecular weight is 522 g/mol. The van der Waals surface area contributed by atoms with Crippen molar-refractivity contribution in [2.45, 2.75) is 104 Å². The monoisotopic (exact) mass is 521 g/mol. The minimum absolute atomic E-state index is 0.0378. The number of esters is 2. The predicted molar refractivity (Wildman–Crippen MR) is 141 cm³/mol. The fraction of sp³-hybridized carbons (Fsp3) is 0.731. The highest BCUT2D eigenvalue weighted by molar-refractivity contribution is 5.71. The number of hydrogen-bond acceptors (Lipinski definition) is 9. The van der Waals surface area contributed by atoms with Gasteiger partial charge in [0.2, 0.25) is 5.95 Å². The maximum absolute atomic E-state index is 12.4. The topological polar surface area (TPSA) is 141 Å². The number of nitrogens with two attached hydrogens (primary N) is 1. The number of nitrogens with zero attached hydrogens (tertiary/aromatic N) is 4. The molecule has 11 heteroatoms. The van der Waals surface area contributed by atoms with Crippen LogP contribution < -0.4 is 11.3 Å². The number of rotatable bonds is 19. The number of unbranched alkanes of at least 4 members (excludes halogenated alkanes) is 8. The molecule has 0 unspecified atom stereocenters. The molecule has 0 fully saturated rings. The Kier molecular flexibility index (Phi) is 13.7. The SMILES string of the molecule is CCCCCCCC(=O)OCC(COC(=O)CCCCCCC)OCn1cnc2c(=O)n(C)c(N)nc21. The smallest absolute Gasteiger partial charge is 0.305 e. The Morgan fingerprint density at radius 2 is 1.46 bits per heavy atom. The maximum Gasteiger partial charge on any atom is 0.305 e. The van der Waals surface area contributed by atoms with Gasteiger partial charge in [0.25, 0.3) is 5.56 Å². The van der Waals surface area contributed by atoms with E-state index >= 15 is 0 Å². The number of aromatic nitrogens is 4. The van der Waals surface area contributed by atoms with Gasteiger partial charge in [0.1, 0.15) is 26.0 Å². The first-order valence-electron chi connectivity index (χ1n) is 13.5. The van der Waals surface area contributed by atoms with E-state index in [0.29, 0.717) is 12.8 Å². The third-order valence-corrected chi connectivity index (χ3v) is 6.16. The largest absolute Gasteiger partial charge is 0.463 e. The summed E-state index contributed by atoms with van der Waals surface area (Å²) < 4.78 is 19.5. The van der Waals surface area contributed by atoms with E-state index in [9.17, 15) is 14.4 Å². The predicted octanol–water partition coefficient (Wildman–Crippen LogP) is 3.86. The van der Waals surface area contributed by atoms with Crippen molar-refractivity contribution >= 4 is 29.1 Å². The highest BCUT2D eigenvalue weighted by Gasteiger charge is 2.18. The van der Waals surface area contributed by atoms with Crippen LogP contribution in [0, 0.1) is 0 Å². The van der Waals surface area contributed by atoms with Crippen LogP contribution >= 0.6 is 0 Å². The van der Waals surface area contributed by atoms with Gasteiger partial charge in [0.15, 0.2) is 11.2 Å². The van der Waals surface area contributed by atoms with Crippen LogP contribution in [0.25, 0.3) is 11.2 Å². The molecule has 37 heavy (non-hydrogen) atoms. The van der Waals surface area contributed by atoms with Gasteiger partial charge in [-0.3, -0.25) is 23.5 Å². The molecule has 0 bridgehead atoms. The van der Waals surface area contributed by atoms with E-state index in [-0.39, 0.29) is 54.6 Å². The normalized spacial score (nSPS) is 11.4. The van der Waals surface area contributed by atoms with Crippen LogP contribution in [0.2, 0.25) is 0 Å². The maximum atomic E-state index is 12.4. The zero-order chi connectivity index (χ0) is 27.0. The summed E-state index contributed by atoms with van der Waals surface area (Å²) >= 11 is 0. The molecule has 0 aliphatic carbocycles. The molecule has 2 aromatic rings. The van der Waals surface area contributed by atoms with E-state index < -0.39 is 6.10 Å². The summed E-state index contributed by atoms with van der Waals surface area (Å²) in [6, 6.07) is 0. The van der Waals surface area contributed by atoms with Crippen molar-refractivity contribution < 1.29 is 23.8 Å². The van der Waals surface area contributed by atoms with E-state index in [1.165, 1.54) is 22.5 Å². The molecule has 2 rings (SSSR count). The first-order chi connectivity index (χ1) is 17.9. The Labute approximate surface area is 218 Å². The van der Waals surface area contributed by atoms with Crippen molar-refractivity contribution in [3.8, 4) is 0 Å². The van der Waals surface area contributed by atoms with Gasteiger partial charge in [-0.05, 0) is 12.8 Å². The Bertz CT molecular complexity index is 1000. The van der Waals surface area contributed by atoms with Crippen LogP contribution in [-0.4, -0.2) is 50.4 Å². The second kappa shape index (κ2) is 16.7. The van der Waals surface area contributed by atoms with Crippen LogP contribution in [-0.2, 0) is 37.6 Å². The van der Waals surface area contributed by atoms with E-state index in [1.807, 2.05) is 0 Å². The molecule has 0 amide bonds. The van der Waals surface area contributed by atoms with Gasteiger partial charge in [0.05, 0.1) is 6.33 Å². The standard InChI is InChI=1S/C26H43N5O6/c1-4-6-8-10-12-14-21(32)35-16-20(17-36-22(33)15-13-11-9-7-5-2)37-19-31-18-28-23-24(31)29-26(27)30(3)25(23)34/h18,20H,4-17,19H2,1-3H3,(H2,27,29). The molecule has 0 saturated carbocycles. The third kappa shape index (κ3) is 10.5. The summed E-state index contributed by atoms with van der Waals surface area (Å²) in [4.78, 5) is 45.1. The summed E-state index contributed by atoms with van der Waals surface area (Å²) in [5.41, 5.74) is 5.91. The lowest BCUT2D eigenvalue weighted by molar-refractivity contribution is -0.157. The summed E-state index contributed by atoms with van der Waals surface area (Å²) in [5, 5.41) is 0. The molecule has 0 atom stereocenters. The highest BCUT2D eigenvalue weighted by atomic mass is 16.6. The van der Waals surface area contributed by atoms with Gasteiger partial charge >= 0.3 is 11.9 Å². The highest BCUT2D eigenvalue weighted by Crippen LogP contribution is 2.11. The van der Waals surface area contributed by atoms with Crippen molar-refractivity contribution in [2.75, 3.05) is 18.9 Å². The quantitative estimate of drug-likeness (QED) is 0.215. The summed E-state index contributed by atoms with van der Waals surface area (Å²) in [7, 11) is 1.52. The number of fused-ring (bicyclic) bond motifs is 1. The van der Waals surface area contributed by atoms with Gasteiger partial charge in [-0.2, -0.15) is 4.98 Å². The molecule has 2 N–H and O–H groups in total. The average Bonchev–Trinajstić information content (AvgIpc) is 3.29. The number of carbonyl (C=O) groups is 2. The Balaban J connectivity index is 1.92. The molecule has 0 spiro atoms. The first kappa shape index (κ1) is 30.3. The molecule has 0 radical (unpaired) electrons. The van der Waals surface area contributed by atoms with Crippen molar-refractivity contribution in [1.29, 1.82) is 0 Å². The molecule has 0 saturated heterocycles. The first-order valence-corrected chi connectivity index (χ1v) is 13.5. The van der Waals surface area contributed by atoms with Crippen molar-refractivity contribution in [3.05, 3.63) is 16.7 Å². The lowest BCUT2D eigenvalue weighted by atomic mass is 10.1. The Morgan fingerprint density at radius 1 is 0.919 bits per heavy atom. The van der Waals surface area contributed by atoms with Crippen molar-refractivity contribution in [2.24, 2.45) is 7.05 Å². The molecule has 11 nitrogen and oxygen atoms in total. The van der Waals surface area contributed by atoms with Crippen LogP contribution in [0.4, 0.5) is 5.95 Å².